The van der Waals surface area contributed by atoms with Crippen molar-refractivity contribution in [2.45, 2.75) is 11.8 Å². The Bertz CT molecular complexity index is 742. The predicted molar refractivity (Wildman–Crippen MR) is 84.9 cm³/mol. The topological polar surface area (TPSA) is 81.4 Å². The van der Waals surface area contributed by atoms with Crippen molar-refractivity contribution in [1.82, 2.24) is 0 Å². The normalized spacial score (nSPS) is 11.1. The van der Waals surface area contributed by atoms with E-state index in [-0.39, 0.29) is 4.90 Å². The molecule has 6 heteroatoms. The summed E-state index contributed by atoms with van der Waals surface area (Å²) in [5.74, 6) is 0.714. The van der Waals surface area contributed by atoms with Crippen LogP contribution in [0.4, 0.5) is 17.1 Å². The fourth-order valence-corrected chi connectivity index (χ4v) is 2.54. The quantitative estimate of drug-likeness (QED) is 0.830. The van der Waals surface area contributed by atoms with E-state index in [2.05, 4.69) is 5.32 Å². The van der Waals surface area contributed by atoms with Crippen LogP contribution in [0.3, 0.4) is 0 Å². The first-order chi connectivity index (χ1) is 9.91. The molecule has 21 heavy (non-hydrogen) atoms. The lowest BCUT2D eigenvalue weighted by molar-refractivity contribution is 0.342. The maximum atomic E-state index is 11.5. The molecular formula is C15H18N2O3S. The number of nitrogen functional groups attached to an aromatic ring is 1. The predicted octanol–water partition coefficient (Wildman–Crippen LogP) is 2.81. The number of sulfone groups is 1. The summed E-state index contributed by atoms with van der Waals surface area (Å²) in [6.07, 6.45) is 1.15. The number of hydrogen-bond acceptors (Lipinski definition) is 5. The Kier molecular flexibility index (Phi) is 4.37. The lowest BCUT2D eigenvalue weighted by atomic mass is 10.2. The third-order valence-corrected chi connectivity index (χ3v) is 4.02. The van der Waals surface area contributed by atoms with E-state index in [1.807, 2.05) is 31.2 Å². The SMILES string of the molecule is CCOc1ccccc1Nc1ccc(S(C)(=O)=O)cc1N. The molecule has 0 atom stereocenters. The molecule has 0 bridgehead atoms. The van der Waals surface area contributed by atoms with Crippen molar-refractivity contribution in [3.05, 3.63) is 42.5 Å². The summed E-state index contributed by atoms with van der Waals surface area (Å²) in [6.45, 7) is 2.47. The number of ether oxygens (including phenoxy) is 1. The second kappa shape index (κ2) is 6.05. The molecule has 0 radical (unpaired) electrons. The Morgan fingerprint density at radius 1 is 1.14 bits per heavy atom. The maximum Gasteiger partial charge on any atom is 0.175 e. The van der Waals surface area contributed by atoms with E-state index in [9.17, 15) is 8.42 Å². The standard InChI is InChI=1S/C15H18N2O3S/c1-3-20-15-7-5-4-6-14(15)17-13-9-8-11(10-12(13)16)21(2,18)19/h4-10,17H,3,16H2,1-2H3. The van der Waals surface area contributed by atoms with Crippen molar-refractivity contribution in [1.29, 1.82) is 0 Å². The Morgan fingerprint density at radius 2 is 1.86 bits per heavy atom. The number of rotatable bonds is 5. The van der Waals surface area contributed by atoms with Crippen LogP contribution in [-0.4, -0.2) is 21.3 Å². The maximum absolute atomic E-state index is 11.5. The van der Waals surface area contributed by atoms with E-state index < -0.39 is 9.84 Å². The van der Waals surface area contributed by atoms with Gasteiger partial charge in [0, 0.05) is 6.26 Å². The lowest BCUT2D eigenvalue weighted by Gasteiger charge is -2.14. The van der Waals surface area contributed by atoms with Gasteiger partial charge in [-0.25, -0.2) is 8.42 Å². The van der Waals surface area contributed by atoms with E-state index >= 15 is 0 Å². The van der Waals surface area contributed by atoms with Gasteiger partial charge >= 0.3 is 0 Å². The highest BCUT2D eigenvalue weighted by atomic mass is 32.2. The monoisotopic (exact) mass is 306 g/mol. The molecule has 0 fully saturated rings. The van der Waals surface area contributed by atoms with Gasteiger partial charge in [0.1, 0.15) is 5.75 Å². The van der Waals surface area contributed by atoms with Crippen molar-refractivity contribution < 1.29 is 13.2 Å². The highest BCUT2D eigenvalue weighted by Crippen LogP contribution is 2.31. The van der Waals surface area contributed by atoms with Crippen LogP contribution in [0.5, 0.6) is 5.75 Å². The van der Waals surface area contributed by atoms with Gasteiger partial charge < -0.3 is 15.8 Å². The summed E-state index contributed by atoms with van der Waals surface area (Å²) in [6, 6.07) is 12.1. The Hall–Kier alpha value is -2.21. The highest BCUT2D eigenvalue weighted by molar-refractivity contribution is 7.90. The first-order valence-corrected chi connectivity index (χ1v) is 8.39. The number of nitrogens with two attached hydrogens (primary N) is 1. The van der Waals surface area contributed by atoms with Crippen molar-refractivity contribution in [2.75, 3.05) is 23.9 Å². The molecule has 0 aliphatic carbocycles. The first-order valence-electron chi connectivity index (χ1n) is 6.50. The van der Waals surface area contributed by atoms with Gasteiger partial charge in [-0.2, -0.15) is 0 Å². The summed E-state index contributed by atoms with van der Waals surface area (Å²) >= 11 is 0. The summed E-state index contributed by atoms with van der Waals surface area (Å²) < 4.78 is 28.5. The van der Waals surface area contributed by atoms with Crippen molar-refractivity contribution in [2.24, 2.45) is 0 Å². The molecule has 2 rings (SSSR count). The van der Waals surface area contributed by atoms with Crippen molar-refractivity contribution >= 4 is 26.9 Å². The molecule has 0 aliphatic rings. The fourth-order valence-electron chi connectivity index (χ4n) is 1.88. The summed E-state index contributed by atoms with van der Waals surface area (Å²) in [5, 5.41) is 3.16. The second-order valence-corrected chi connectivity index (χ2v) is 6.59. The summed E-state index contributed by atoms with van der Waals surface area (Å²) in [7, 11) is -3.26. The Labute approximate surface area is 124 Å². The highest BCUT2D eigenvalue weighted by Gasteiger charge is 2.10. The lowest BCUT2D eigenvalue weighted by Crippen LogP contribution is -2.02. The van der Waals surface area contributed by atoms with Gasteiger partial charge in [0.25, 0.3) is 0 Å². The van der Waals surface area contributed by atoms with Gasteiger partial charge in [0.05, 0.1) is 28.6 Å². The van der Waals surface area contributed by atoms with Gasteiger partial charge in [0.2, 0.25) is 0 Å². The number of anilines is 3. The molecular weight excluding hydrogens is 288 g/mol. The van der Waals surface area contributed by atoms with E-state index in [4.69, 9.17) is 10.5 Å². The molecule has 0 saturated heterocycles. The number of benzene rings is 2. The van der Waals surface area contributed by atoms with Gasteiger partial charge in [-0.15, -0.1) is 0 Å². The zero-order valence-corrected chi connectivity index (χ0v) is 12.8. The van der Waals surface area contributed by atoms with Gasteiger partial charge in [-0.3, -0.25) is 0 Å². The molecule has 0 amide bonds. The number of hydrogen-bond donors (Lipinski definition) is 2. The molecule has 2 aromatic rings. The minimum atomic E-state index is -3.26. The molecule has 0 aliphatic heterocycles. The Balaban J connectivity index is 2.33. The van der Waals surface area contributed by atoms with E-state index in [1.54, 1.807) is 6.07 Å². The molecule has 0 saturated carbocycles. The minimum Gasteiger partial charge on any atom is -0.492 e. The van der Waals surface area contributed by atoms with Crippen LogP contribution in [0.15, 0.2) is 47.4 Å². The largest absolute Gasteiger partial charge is 0.492 e. The molecule has 3 N–H and O–H groups in total. The molecule has 0 unspecified atom stereocenters. The van der Waals surface area contributed by atoms with E-state index in [0.29, 0.717) is 23.7 Å². The average molecular weight is 306 g/mol. The molecule has 2 aromatic carbocycles. The van der Waals surface area contributed by atoms with Gasteiger partial charge in [-0.1, -0.05) is 12.1 Å². The summed E-state index contributed by atoms with van der Waals surface area (Å²) in [5.41, 5.74) is 7.70. The van der Waals surface area contributed by atoms with Crippen LogP contribution in [0, 0.1) is 0 Å². The first kappa shape index (κ1) is 15.2. The van der Waals surface area contributed by atoms with Crippen LogP contribution < -0.4 is 15.8 Å². The summed E-state index contributed by atoms with van der Waals surface area (Å²) in [4.78, 5) is 0.198. The zero-order valence-electron chi connectivity index (χ0n) is 12.0. The van der Waals surface area contributed by atoms with Crippen molar-refractivity contribution in [3.8, 4) is 5.75 Å². The van der Waals surface area contributed by atoms with Crippen molar-refractivity contribution in [3.63, 3.8) is 0 Å². The van der Waals surface area contributed by atoms with Gasteiger partial charge in [-0.05, 0) is 37.3 Å². The number of nitrogens with one attached hydrogen (secondary N) is 1. The molecule has 0 heterocycles. The Morgan fingerprint density at radius 3 is 2.48 bits per heavy atom. The van der Waals surface area contributed by atoms with Crippen LogP contribution in [0.1, 0.15) is 6.92 Å². The molecule has 0 spiro atoms. The smallest absolute Gasteiger partial charge is 0.175 e. The second-order valence-electron chi connectivity index (χ2n) is 4.58. The van der Waals surface area contributed by atoms with Crippen LogP contribution >= 0.6 is 0 Å². The van der Waals surface area contributed by atoms with Gasteiger partial charge in [0.15, 0.2) is 9.84 Å². The van der Waals surface area contributed by atoms with Crippen LogP contribution in [0.25, 0.3) is 0 Å². The zero-order chi connectivity index (χ0) is 15.5. The van der Waals surface area contributed by atoms with Crippen LogP contribution in [-0.2, 0) is 9.84 Å². The number of para-hydroxylation sites is 2. The third-order valence-electron chi connectivity index (χ3n) is 2.91. The molecule has 112 valence electrons. The fraction of sp³-hybridized carbons (Fsp3) is 0.200. The molecule has 5 nitrogen and oxygen atoms in total. The van der Waals surface area contributed by atoms with E-state index in [0.717, 1.165) is 11.9 Å². The average Bonchev–Trinajstić information content (AvgIpc) is 2.42. The third kappa shape index (κ3) is 3.66. The minimum absolute atomic E-state index is 0.198. The molecule has 0 aromatic heterocycles. The van der Waals surface area contributed by atoms with E-state index in [1.165, 1.54) is 12.1 Å². The van der Waals surface area contributed by atoms with Crippen LogP contribution in [0.2, 0.25) is 0 Å².